The van der Waals surface area contributed by atoms with Crippen molar-refractivity contribution in [1.29, 1.82) is 0 Å². The summed E-state index contributed by atoms with van der Waals surface area (Å²) in [6.45, 7) is 2.74. The smallest absolute Gasteiger partial charge is 0.251 e. The number of fused-ring (bicyclic) bond motifs is 3. The maximum Gasteiger partial charge on any atom is 0.251 e. The first-order chi connectivity index (χ1) is 9.29. The van der Waals surface area contributed by atoms with Gasteiger partial charge in [-0.15, -0.1) is 0 Å². The van der Waals surface area contributed by atoms with Crippen LogP contribution in [-0.4, -0.2) is 22.4 Å². The second-order valence-corrected chi connectivity index (χ2v) is 4.54. The van der Waals surface area contributed by atoms with Gasteiger partial charge < -0.3 is 10.3 Å². The molecule has 2 heterocycles. The van der Waals surface area contributed by atoms with Gasteiger partial charge in [0, 0.05) is 34.6 Å². The van der Waals surface area contributed by atoms with Gasteiger partial charge in [-0.25, -0.2) is 4.98 Å². The van der Waals surface area contributed by atoms with Crippen LogP contribution in [0.1, 0.15) is 23.7 Å². The van der Waals surface area contributed by atoms with Crippen molar-refractivity contribution in [1.82, 2.24) is 15.3 Å². The lowest BCUT2D eigenvalue weighted by atomic mass is 10.1. The van der Waals surface area contributed by atoms with Crippen molar-refractivity contribution in [2.45, 2.75) is 13.3 Å². The number of rotatable bonds is 3. The second-order valence-electron chi connectivity index (χ2n) is 4.54. The van der Waals surface area contributed by atoms with Gasteiger partial charge in [0.1, 0.15) is 5.65 Å². The molecule has 0 saturated carbocycles. The first-order valence-corrected chi connectivity index (χ1v) is 6.44. The standard InChI is InChI=1S/C15H15N3O/c1-2-7-17-15(19)10-5-6-13-12(9-10)11-4-3-8-16-14(11)18-13/h3-6,8-9H,2,7H2,1H3,(H,16,18)(H,17,19). The fraction of sp³-hybridized carbons (Fsp3) is 0.200. The Labute approximate surface area is 110 Å². The summed E-state index contributed by atoms with van der Waals surface area (Å²) in [6, 6.07) is 9.59. The highest BCUT2D eigenvalue weighted by molar-refractivity contribution is 6.08. The molecule has 3 aromatic rings. The van der Waals surface area contributed by atoms with E-state index in [1.807, 2.05) is 37.3 Å². The molecule has 3 rings (SSSR count). The summed E-state index contributed by atoms with van der Waals surface area (Å²) < 4.78 is 0. The summed E-state index contributed by atoms with van der Waals surface area (Å²) in [7, 11) is 0. The van der Waals surface area contributed by atoms with Crippen molar-refractivity contribution in [3.63, 3.8) is 0 Å². The van der Waals surface area contributed by atoms with Crippen LogP contribution in [0.15, 0.2) is 36.5 Å². The lowest BCUT2D eigenvalue weighted by Crippen LogP contribution is -2.23. The number of amides is 1. The third kappa shape index (κ3) is 2.05. The Morgan fingerprint density at radius 1 is 1.32 bits per heavy atom. The molecule has 4 nitrogen and oxygen atoms in total. The number of carbonyl (C=O) groups is 1. The monoisotopic (exact) mass is 253 g/mol. The Morgan fingerprint density at radius 3 is 3.05 bits per heavy atom. The molecule has 0 aliphatic rings. The fourth-order valence-corrected chi connectivity index (χ4v) is 2.21. The molecule has 0 bridgehead atoms. The highest BCUT2D eigenvalue weighted by Gasteiger charge is 2.09. The van der Waals surface area contributed by atoms with Crippen LogP contribution in [0, 0.1) is 0 Å². The van der Waals surface area contributed by atoms with Gasteiger partial charge in [0.2, 0.25) is 0 Å². The molecule has 0 radical (unpaired) electrons. The minimum Gasteiger partial charge on any atom is -0.352 e. The van der Waals surface area contributed by atoms with Crippen LogP contribution in [-0.2, 0) is 0 Å². The van der Waals surface area contributed by atoms with E-state index in [9.17, 15) is 4.79 Å². The fourth-order valence-electron chi connectivity index (χ4n) is 2.21. The van der Waals surface area contributed by atoms with Gasteiger partial charge >= 0.3 is 0 Å². The maximum atomic E-state index is 12.0. The summed E-state index contributed by atoms with van der Waals surface area (Å²) in [5.74, 6) is -0.0259. The van der Waals surface area contributed by atoms with E-state index in [0.29, 0.717) is 12.1 Å². The van der Waals surface area contributed by atoms with Crippen LogP contribution in [0.3, 0.4) is 0 Å². The summed E-state index contributed by atoms with van der Waals surface area (Å²) in [5.41, 5.74) is 2.54. The van der Waals surface area contributed by atoms with Crippen molar-refractivity contribution in [2.75, 3.05) is 6.54 Å². The maximum absolute atomic E-state index is 12.0. The van der Waals surface area contributed by atoms with E-state index in [-0.39, 0.29) is 5.91 Å². The largest absolute Gasteiger partial charge is 0.352 e. The topological polar surface area (TPSA) is 57.8 Å². The van der Waals surface area contributed by atoms with E-state index in [0.717, 1.165) is 28.4 Å². The molecular weight excluding hydrogens is 238 g/mol. The molecule has 1 amide bonds. The molecule has 0 aliphatic heterocycles. The molecule has 1 aromatic carbocycles. The van der Waals surface area contributed by atoms with Crippen molar-refractivity contribution >= 4 is 27.8 Å². The van der Waals surface area contributed by atoms with Gasteiger partial charge in [0.25, 0.3) is 5.91 Å². The summed E-state index contributed by atoms with van der Waals surface area (Å²) in [5, 5.41) is 4.97. The molecule has 19 heavy (non-hydrogen) atoms. The van der Waals surface area contributed by atoms with Crippen LogP contribution >= 0.6 is 0 Å². The first kappa shape index (κ1) is 11.7. The van der Waals surface area contributed by atoms with E-state index < -0.39 is 0 Å². The van der Waals surface area contributed by atoms with E-state index in [1.165, 1.54) is 0 Å². The number of carbonyl (C=O) groups excluding carboxylic acids is 1. The normalized spacial score (nSPS) is 11.0. The molecule has 0 atom stereocenters. The molecule has 4 heteroatoms. The minimum atomic E-state index is -0.0259. The third-order valence-electron chi connectivity index (χ3n) is 3.17. The van der Waals surface area contributed by atoms with Gasteiger partial charge in [0.15, 0.2) is 0 Å². The highest BCUT2D eigenvalue weighted by atomic mass is 16.1. The Balaban J connectivity index is 2.09. The Morgan fingerprint density at radius 2 is 2.21 bits per heavy atom. The van der Waals surface area contributed by atoms with Crippen molar-refractivity contribution in [3.05, 3.63) is 42.1 Å². The average Bonchev–Trinajstić information content (AvgIpc) is 2.82. The number of aromatic nitrogens is 2. The van der Waals surface area contributed by atoms with Gasteiger partial charge in [0.05, 0.1) is 0 Å². The van der Waals surface area contributed by atoms with Crippen LogP contribution in [0.25, 0.3) is 21.9 Å². The Bertz CT molecular complexity index is 745. The summed E-state index contributed by atoms with van der Waals surface area (Å²) >= 11 is 0. The van der Waals surface area contributed by atoms with Crippen LogP contribution < -0.4 is 5.32 Å². The lowest BCUT2D eigenvalue weighted by Gasteiger charge is -2.03. The summed E-state index contributed by atoms with van der Waals surface area (Å²) in [4.78, 5) is 19.5. The molecule has 0 saturated heterocycles. The Hall–Kier alpha value is -2.36. The van der Waals surface area contributed by atoms with Crippen LogP contribution in [0.5, 0.6) is 0 Å². The van der Waals surface area contributed by atoms with Gasteiger partial charge in [-0.05, 0) is 36.8 Å². The van der Waals surface area contributed by atoms with E-state index in [2.05, 4.69) is 15.3 Å². The molecule has 96 valence electrons. The number of benzene rings is 1. The quantitative estimate of drug-likeness (QED) is 0.754. The zero-order valence-electron chi connectivity index (χ0n) is 10.7. The zero-order chi connectivity index (χ0) is 13.2. The molecule has 2 N–H and O–H groups in total. The molecule has 0 unspecified atom stereocenters. The highest BCUT2D eigenvalue weighted by Crippen LogP contribution is 2.24. The predicted molar refractivity (Wildman–Crippen MR) is 76.2 cm³/mol. The van der Waals surface area contributed by atoms with Crippen molar-refractivity contribution < 1.29 is 4.79 Å². The summed E-state index contributed by atoms with van der Waals surface area (Å²) in [6.07, 6.45) is 2.69. The Kier molecular flexibility index (Phi) is 2.91. The second kappa shape index (κ2) is 4.72. The number of pyridine rings is 1. The third-order valence-corrected chi connectivity index (χ3v) is 3.17. The van der Waals surface area contributed by atoms with Crippen molar-refractivity contribution in [2.24, 2.45) is 0 Å². The minimum absolute atomic E-state index is 0.0259. The van der Waals surface area contributed by atoms with Gasteiger partial charge in [-0.1, -0.05) is 6.92 Å². The van der Waals surface area contributed by atoms with Crippen LogP contribution in [0.4, 0.5) is 0 Å². The first-order valence-electron chi connectivity index (χ1n) is 6.44. The van der Waals surface area contributed by atoms with E-state index >= 15 is 0 Å². The molecular formula is C15H15N3O. The number of hydrogen-bond donors (Lipinski definition) is 2. The molecule has 0 fully saturated rings. The molecule has 0 aliphatic carbocycles. The number of hydrogen-bond acceptors (Lipinski definition) is 2. The van der Waals surface area contributed by atoms with E-state index in [4.69, 9.17) is 0 Å². The lowest BCUT2D eigenvalue weighted by molar-refractivity contribution is 0.0954. The average molecular weight is 253 g/mol. The molecule has 0 spiro atoms. The van der Waals surface area contributed by atoms with Gasteiger partial charge in [-0.2, -0.15) is 0 Å². The number of H-pyrrole nitrogens is 1. The number of nitrogens with zero attached hydrogens (tertiary/aromatic N) is 1. The predicted octanol–water partition coefficient (Wildman–Crippen LogP) is 2.86. The zero-order valence-corrected chi connectivity index (χ0v) is 10.7. The SMILES string of the molecule is CCCNC(=O)c1ccc2[nH]c3ncccc3c2c1. The number of nitrogens with one attached hydrogen (secondary N) is 2. The number of aromatic amines is 1. The molecule has 2 aromatic heterocycles. The van der Waals surface area contributed by atoms with Crippen LogP contribution in [0.2, 0.25) is 0 Å². The van der Waals surface area contributed by atoms with Crippen molar-refractivity contribution in [3.8, 4) is 0 Å². The van der Waals surface area contributed by atoms with Gasteiger partial charge in [-0.3, -0.25) is 4.79 Å². The van der Waals surface area contributed by atoms with E-state index in [1.54, 1.807) is 6.20 Å².